The Hall–Kier alpha value is -1.97. The number of carbonyl (C=O) groups is 1. The van der Waals surface area contributed by atoms with E-state index >= 15 is 0 Å². The topological polar surface area (TPSA) is 67.8 Å². The van der Waals surface area contributed by atoms with E-state index in [2.05, 4.69) is 23.7 Å². The maximum Gasteiger partial charge on any atom is 0.356 e. The van der Waals surface area contributed by atoms with E-state index < -0.39 is 6.03 Å². The molecule has 0 fully saturated rings. The standard InChI is InChI=1S/C11H13N3O.2C2H6/c1-3-9-4-6-10(7-5-9)8(2)13-14-11(12)15;2*1-2/h4-7H,2-3H2,1H3,(H2,12,15);2*1-2H3. The van der Waals surface area contributed by atoms with Crippen LogP contribution in [0.15, 0.2) is 41.1 Å². The largest absolute Gasteiger partial charge is 0.356 e. The molecule has 0 aliphatic rings. The lowest BCUT2D eigenvalue weighted by Gasteiger charge is -2.00. The minimum atomic E-state index is -0.818. The Kier molecular flexibility index (Phi) is 12.7. The van der Waals surface area contributed by atoms with Crippen LogP contribution in [0.1, 0.15) is 45.7 Å². The summed E-state index contributed by atoms with van der Waals surface area (Å²) in [4.78, 5) is 10.4. The molecule has 0 atom stereocenters. The second-order valence-corrected chi connectivity index (χ2v) is 3.04. The molecule has 0 unspecified atom stereocenters. The van der Waals surface area contributed by atoms with Crippen LogP contribution in [0.3, 0.4) is 0 Å². The van der Waals surface area contributed by atoms with Gasteiger partial charge in [-0.3, -0.25) is 0 Å². The molecule has 0 aromatic heterocycles. The number of aryl methyl sites for hydroxylation is 1. The summed E-state index contributed by atoms with van der Waals surface area (Å²) in [6, 6.07) is 6.93. The van der Waals surface area contributed by atoms with Gasteiger partial charge in [0.2, 0.25) is 0 Å². The van der Waals surface area contributed by atoms with Gasteiger partial charge < -0.3 is 5.73 Å². The van der Waals surface area contributed by atoms with Crippen LogP contribution >= 0.6 is 0 Å². The van der Waals surface area contributed by atoms with Gasteiger partial charge in [0, 0.05) is 5.56 Å². The molecular weight excluding hydrogens is 238 g/mol. The summed E-state index contributed by atoms with van der Waals surface area (Å²) < 4.78 is 0. The van der Waals surface area contributed by atoms with Gasteiger partial charge in [0.1, 0.15) is 0 Å². The maximum absolute atomic E-state index is 10.4. The zero-order valence-corrected chi connectivity index (χ0v) is 12.6. The van der Waals surface area contributed by atoms with Gasteiger partial charge in [0.05, 0.1) is 5.70 Å². The molecule has 0 aliphatic heterocycles. The molecule has 1 aromatic carbocycles. The Morgan fingerprint density at radius 2 is 1.58 bits per heavy atom. The third-order valence-electron chi connectivity index (χ3n) is 1.96. The molecule has 4 nitrogen and oxygen atoms in total. The van der Waals surface area contributed by atoms with Crippen LogP contribution in [0.5, 0.6) is 0 Å². The predicted octanol–water partition coefficient (Wildman–Crippen LogP) is 4.80. The fourth-order valence-corrected chi connectivity index (χ4v) is 1.10. The molecule has 1 aromatic rings. The Bertz CT molecular complexity index is 394. The summed E-state index contributed by atoms with van der Waals surface area (Å²) in [6.45, 7) is 13.8. The van der Waals surface area contributed by atoms with Gasteiger partial charge in [-0.25, -0.2) is 4.79 Å². The number of azo groups is 1. The minimum Gasteiger partial charge on any atom is -0.348 e. The first-order chi connectivity index (χ1) is 9.13. The highest BCUT2D eigenvalue weighted by atomic mass is 16.2. The summed E-state index contributed by atoms with van der Waals surface area (Å²) in [5.41, 5.74) is 7.32. The smallest absolute Gasteiger partial charge is 0.348 e. The zero-order valence-electron chi connectivity index (χ0n) is 12.6. The van der Waals surface area contributed by atoms with E-state index in [0.717, 1.165) is 12.0 Å². The minimum absolute atomic E-state index is 0.427. The van der Waals surface area contributed by atoms with E-state index in [0.29, 0.717) is 5.70 Å². The van der Waals surface area contributed by atoms with Crippen molar-refractivity contribution >= 4 is 11.7 Å². The number of hydrogen-bond acceptors (Lipinski definition) is 2. The Labute approximate surface area is 116 Å². The molecule has 0 saturated heterocycles. The van der Waals surface area contributed by atoms with Crippen molar-refractivity contribution in [3.63, 3.8) is 0 Å². The van der Waals surface area contributed by atoms with Gasteiger partial charge in [-0.05, 0) is 12.0 Å². The van der Waals surface area contributed by atoms with Crippen LogP contribution < -0.4 is 5.73 Å². The van der Waals surface area contributed by atoms with Crippen LogP contribution in [0.2, 0.25) is 0 Å². The maximum atomic E-state index is 10.4. The predicted molar refractivity (Wildman–Crippen MR) is 82.0 cm³/mol. The van der Waals surface area contributed by atoms with Crippen molar-refractivity contribution in [1.29, 1.82) is 0 Å². The summed E-state index contributed by atoms with van der Waals surface area (Å²) in [5.74, 6) is 0. The van der Waals surface area contributed by atoms with Crippen molar-refractivity contribution in [3.8, 4) is 0 Å². The van der Waals surface area contributed by atoms with Crippen LogP contribution in [-0.2, 0) is 6.42 Å². The number of carbonyl (C=O) groups excluding carboxylic acids is 1. The molecule has 0 spiro atoms. The van der Waals surface area contributed by atoms with Gasteiger partial charge >= 0.3 is 6.03 Å². The lowest BCUT2D eigenvalue weighted by Crippen LogP contribution is -2.02. The fraction of sp³-hybridized carbons (Fsp3) is 0.400. The normalized spacial score (nSPS) is 8.89. The highest BCUT2D eigenvalue weighted by molar-refractivity contribution is 5.73. The summed E-state index contributed by atoms with van der Waals surface area (Å²) in [7, 11) is 0. The first kappa shape index (κ1) is 19.4. The number of hydrogen-bond donors (Lipinski definition) is 1. The van der Waals surface area contributed by atoms with Crippen molar-refractivity contribution in [1.82, 2.24) is 0 Å². The molecule has 0 saturated carbocycles. The molecule has 4 heteroatoms. The van der Waals surface area contributed by atoms with Crippen molar-refractivity contribution in [2.24, 2.45) is 16.0 Å². The van der Waals surface area contributed by atoms with E-state index in [1.165, 1.54) is 5.56 Å². The Morgan fingerprint density at radius 3 is 1.95 bits per heavy atom. The van der Waals surface area contributed by atoms with Crippen LogP contribution in [-0.4, -0.2) is 6.03 Å². The van der Waals surface area contributed by atoms with Gasteiger partial charge in [-0.15, -0.1) is 5.11 Å². The van der Waals surface area contributed by atoms with Gasteiger partial charge in [0.25, 0.3) is 0 Å². The average Bonchev–Trinajstić information content (AvgIpc) is 2.49. The molecular formula is C15H25N3O. The molecule has 1 rings (SSSR count). The highest BCUT2D eigenvalue weighted by Gasteiger charge is 1.97. The van der Waals surface area contributed by atoms with E-state index in [-0.39, 0.29) is 0 Å². The Balaban J connectivity index is 0. The van der Waals surface area contributed by atoms with Gasteiger partial charge in [-0.2, -0.15) is 0 Å². The first-order valence-electron chi connectivity index (χ1n) is 6.63. The number of rotatable bonds is 3. The second-order valence-electron chi connectivity index (χ2n) is 3.04. The number of urea groups is 1. The lowest BCUT2D eigenvalue weighted by atomic mass is 10.1. The SMILES string of the molecule is C=C(N=NC(N)=O)c1ccc(CC)cc1.CC.CC. The second kappa shape index (κ2) is 12.5. The lowest BCUT2D eigenvalue weighted by molar-refractivity contribution is 0.255. The van der Waals surface area contributed by atoms with Crippen LogP contribution in [0, 0.1) is 0 Å². The molecule has 2 N–H and O–H groups in total. The van der Waals surface area contributed by atoms with E-state index in [4.69, 9.17) is 5.73 Å². The number of nitrogens with two attached hydrogens (primary N) is 1. The number of nitrogens with zero attached hydrogens (tertiary/aromatic N) is 2. The average molecular weight is 263 g/mol. The van der Waals surface area contributed by atoms with E-state index in [9.17, 15) is 4.79 Å². The molecule has 19 heavy (non-hydrogen) atoms. The number of primary amides is 1. The molecule has 106 valence electrons. The van der Waals surface area contributed by atoms with Gasteiger partial charge in [0.15, 0.2) is 0 Å². The number of amides is 2. The molecule has 2 amide bonds. The summed E-state index contributed by atoms with van der Waals surface area (Å²) in [6.07, 6.45) is 0.982. The fourth-order valence-electron chi connectivity index (χ4n) is 1.10. The van der Waals surface area contributed by atoms with Crippen LogP contribution in [0.25, 0.3) is 5.70 Å². The molecule has 0 radical (unpaired) electrons. The van der Waals surface area contributed by atoms with E-state index in [1.807, 2.05) is 52.0 Å². The first-order valence-corrected chi connectivity index (χ1v) is 6.63. The monoisotopic (exact) mass is 263 g/mol. The molecule has 0 aliphatic carbocycles. The third-order valence-corrected chi connectivity index (χ3v) is 1.96. The van der Waals surface area contributed by atoms with Gasteiger partial charge in [-0.1, -0.05) is 70.6 Å². The van der Waals surface area contributed by atoms with Crippen molar-refractivity contribution in [2.45, 2.75) is 41.0 Å². The Morgan fingerprint density at radius 1 is 1.11 bits per heavy atom. The molecule has 0 heterocycles. The zero-order chi connectivity index (χ0) is 15.3. The number of benzene rings is 1. The van der Waals surface area contributed by atoms with Crippen molar-refractivity contribution < 1.29 is 4.79 Å². The summed E-state index contributed by atoms with van der Waals surface area (Å²) in [5, 5.41) is 6.81. The van der Waals surface area contributed by atoms with Crippen LogP contribution in [0.4, 0.5) is 4.79 Å². The molecule has 0 bridgehead atoms. The highest BCUT2D eigenvalue weighted by Crippen LogP contribution is 2.15. The quantitative estimate of drug-likeness (QED) is 0.782. The van der Waals surface area contributed by atoms with Crippen molar-refractivity contribution in [2.75, 3.05) is 0 Å². The third kappa shape index (κ3) is 8.71. The van der Waals surface area contributed by atoms with Crippen molar-refractivity contribution in [3.05, 3.63) is 42.0 Å². The summed E-state index contributed by atoms with van der Waals surface area (Å²) >= 11 is 0. The van der Waals surface area contributed by atoms with E-state index in [1.54, 1.807) is 0 Å².